The van der Waals surface area contributed by atoms with E-state index in [9.17, 15) is 4.79 Å². The summed E-state index contributed by atoms with van der Waals surface area (Å²) in [6.07, 6.45) is 0. The highest BCUT2D eigenvalue weighted by molar-refractivity contribution is 6.10. The molecule has 0 unspecified atom stereocenters. The number of fused-ring (bicyclic) bond motifs is 2. The second kappa shape index (κ2) is 7.69. The van der Waals surface area contributed by atoms with Gasteiger partial charge in [0.25, 0.3) is 5.56 Å². The molecule has 0 aliphatic heterocycles. The lowest BCUT2D eigenvalue weighted by Crippen LogP contribution is -2.23. The maximum absolute atomic E-state index is 13.8. The summed E-state index contributed by atoms with van der Waals surface area (Å²) in [6, 6.07) is 27.7. The van der Waals surface area contributed by atoms with Crippen LogP contribution in [-0.4, -0.2) is 23.6 Å². The van der Waals surface area contributed by atoms with Crippen molar-refractivity contribution in [3.8, 4) is 17.2 Å². The molecule has 0 saturated heterocycles. The molecule has 0 aliphatic rings. The molecule has 5 heteroatoms. The summed E-state index contributed by atoms with van der Waals surface area (Å²) in [5.74, 6) is 1.21. The average Bonchev–Trinajstić information content (AvgIpc) is 3.10. The van der Waals surface area contributed by atoms with Crippen molar-refractivity contribution in [1.29, 1.82) is 0 Å². The molecular formula is C26H22N2O3. The number of benzene rings is 4. The van der Waals surface area contributed by atoms with Gasteiger partial charge in [-0.1, -0.05) is 72.8 Å². The topological polar surface area (TPSA) is 45.4 Å². The zero-order chi connectivity index (χ0) is 21.4. The van der Waals surface area contributed by atoms with Crippen LogP contribution in [0.25, 0.3) is 27.4 Å². The Kier molecular flexibility index (Phi) is 4.71. The van der Waals surface area contributed by atoms with Crippen LogP contribution in [0.15, 0.2) is 89.7 Å². The number of rotatable bonds is 5. The summed E-state index contributed by atoms with van der Waals surface area (Å²) < 4.78 is 15.4. The SMILES string of the molecule is COc1c2ccccc2c(OC)c2c1c(=O)n(Cc1ccccc1)n2-c1ccccc1. The lowest BCUT2D eigenvalue weighted by atomic mass is 10.0. The van der Waals surface area contributed by atoms with Crippen LogP contribution in [0, 0.1) is 0 Å². The van der Waals surface area contributed by atoms with Crippen LogP contribution >= 0.6 is 0 Å². The van der Waals surface area contributed by atoms with Crippen LogP contribution in [0.5, 0.6) is 11.5 Å². The quantitative estimate of drug-likeness (QED) is 0.409. The summed E-state index contributed by atoms with van der Waals surface area (Å²) in [5.41, 5.74) is 2.49. The fourth-order valence-corrected chi connectivity index (χ4v) is 4.26. The van der Waals surface area contributed by atoms with E-state index in [1.807, 2.05) is 89.6 Å². The molecule has 0 fully saturated rings. The first-order chi connectivity index (χ1) is 15.2. The van der Waals surface area contributed by atoms with E-state index in [2.05, 4.69) is 0 Å². The molecule has 31 heavy (non-hydrogen) atoms. The lowest BCUT2D eigenvalue weighted by Gasteiger charge is -2.16. The minimum Gasteiger partial charge on any atom is -0.495 e. The van der Waals surface area contributed by atoms with E-state index in [4.69, 9.17) is 9.47 Å². The van der Waals surface area contributed by atoms with Gasteiger partial charge in [-0.3, -0.25) is 4.79 Å². The smallest absolute Gasteiger partial charge is 0.279 e. The number of hydrogen-bond donors (Lipinski definition) is 0. The molecule has 1 aromatic heterocycles. The predicted molar refractivity (Wildman–Crippen MR) is 124 cm³/mol. The second-order valence-corrected chi connectivity index (χ2v) is 7.33. The monoisotopic (exact) mass is 410 g/mol. The number of ether oxygens (including phenoxy) is 2. The maximum atomic E-state index is 13.8. The van der Waals surface area contributed by atoms with Gasteiger partial charge in [0.05, 0.1) is 26.5 Å². The molecule has 0 amide bonds. The van der Waals surface area contributed by atoms with Crippen molar-refractivity contribution >= 4 is 21.7 Å². The molecule has 0 atom stereocenters. The van der Waals surface area contributed by atoms with Crippen LogP contribution < -0.4 is 15.0 Å². The fourth-order valence-electron chi connectivity index (χ4n) is 4.26. The van der Waals surface area contributed by atoms with Gasteiger partial charge in [0.2, 0.25) is 0 Å². The van der Waals surface area contributed by atoms with Crippen LogP contribution in [0.2, 0.25) is 0 Å². The largest absolute Gasteiger partial charge is 0.495 e. The van der Waals surface area contributed by atoms with Gasteiger partial charge < -0.3 is 9.47 Å². The van der Waals surface area contributed by atoms with Crippen LogP contribution in [-0.2, 0) is 6.54 Å². The Morgan fingerprint density at radius 3 is 1.87 bits per heavy atom. The highest BCUT2D eigenvalue weighted by Crippen LogP contribution is 2.42. The first-order valence-corrected chi connectivity index (χ1v) is 10.1. The maximum Gasteiger partial charge on any atom is 0.279 e. The minimum atomic E-state index is -0.122. The van der Waals surface area contributed by atoms with E-state index >= 15 is 0 Å². The summed E-state index contributed by atoms with van der Waals surface area (Å²) in [4.78, 5) is 13.8. The predicted octanol–water partition coefficient (Wildman–Crippen LogP) is 5.01. The van der Waals surface area contributed by atoms with Crippen molar-refractivity contribution in [2.45, 2.75) is 6.54 Å². The molecule has 154 valence electrons. The number of methoxy groups -OCH3 is 2. The molecule has 0 aliphatic carbocycles. The molecule has 5 rings (SSSR count). The number of hydrogen-bond acceptors (Lipinski definition) is 3. The Morgan fingerprint density at radius 2 is 1.26 bits per heavy atom. The first-order valence-electron chi connectivity index (χ1n) is 10.1. The van der Waals surface area contributed by atoms with Crippen molar-refractivity contribution in [3.63, 3.8) is 0 Å². The number of nitrogens with zero attached hydrogens (tertiary/aromatic N) is 2. The summed E-state index contributed by atoms with van der Waals surface area (Å²) in [6.45, 7) is 0.423. The number of para-hydroxylation sites is 1. The molecular weight excluding hydrogens is 388 g/mol. The zero-order valence-electron chi connectivity index (χ0n) is 17.4. The lowest BCUT2D eigenvalue weighted by molar-refractivity contribution is 0.416. The normalized spacial score (nSPS) is 11.2. The van der Waals surface area contributed by atoms with Crippen LogP contribution in [0.4, 0.5) is 0 Å². The van der Waals surface area contributed by atoms with Crippen LogP contribution in [0.1, 0.15) is 5.56 Å². The van der Waals surface area contributed by atoms with Crippen molar-refractivity contribution in [1.82, 2.24) is 9.36 Å². The summed E-state index contributed by atoms with van der Waals surface area (Å²) in [7, 11) is 3.25. The Bertz CT molecular complexity index is 1430. The van der Waals surface area contributed by atoms with E-state index in [1.54, 1.807) is 18.9 Å². The molecule has 0 bridgehead atoms. The molecule has 4 aromatic carbocycles. The third-order valence-electron chi connectivity index (χ3n) is 5.58. The van der Waals surface area contributed by atoms with Gasteiger partial charge in [-0.2, -0.15) is 0 Å². The summed E-state index contributed by atoms with van der Waals surface area (Å²) in [5, 5.41) is 2.26. The third-order valence-corrected chi connectivity index (χ3v) is 5.58. The molecule has 5 aromatic rings. The third kappa shape index (κ3) is 2.97. The summed E-state index contributed by atoms with van der Waals surface area (Å²) >= 11 is 0. The van der Waals surface area contributed by atoms with Crippen molar-refractivity contribution in [2.24, 2.45) is 0 Å². The van der Waals surface area contributed by atoms with E-state index in [1.165, 1.54) is 0 Å². The Labute approximate surface area is 179 Å². The molecule has 1 heterocycles. The second-order valence-electron chi connectivity index (χ2n) is 7.33. The van der Waals surface area contributed by atoms with E-state index in [-0.39, 0.29) is 5.56 Å². The van der Waals surface area contributed by atoms with E-state index in [0.29, 0.717) is 28.9 Å². The van der Waals surface area contributed by atoms with Crippen molar-refractivity contribution < 1.29 is 9.47 Å². The highest BCUT2D eigenvalue weighted by Gasteiger charge is 2.25. The number of aromatic nitrogens is 2. The van der Waals surface area contributed by atoms with Gasteiger partial charge in [-0.25, -0.2) is 9.36 Å². The fraction of sp³-hybridized carbons (Fsp3) is 0.115. The highest BCUT2D eigenvalue weighted by atomic mass is 16.5. The molecule has 5 nitrogen and oxygen atoms in total. The molecule has 0 N–H and O–H groups in total. The van der Waals surface area contributed by atoms with Gasteiger partial charge in [0.1, 0.15) is 16.7 Å². The van der Waals surface area contributed by atoms with Crippen LogP contribution in [0.3, 0.4) is 0 Å². The Hall–Kier alpha value is -3.99. The standard InChI is InChI=1S/C26H22N2O3/c1-30-24-20-15-9-10-16-21(20)25(31-2)23-22(24)26(29)27(17-18-11-5-3-6-12-18)28(23)19-13-7-4-8-14-19/h3-16H,17H2,1-2H3. The molecule has 0 radical (unpaired) electrons. The Morgan fingerprint density at radius 1 is 0.710 bits per heavy atom. The van der Waals surface area contributed by atoms with Gasteiger partial charge in [-0.15, -0.1) is 0 Å². The van der Waals surface area contributed by atoms with Gasteiger partial charge in [0.15, 0.2) is 5.75 Å². The first kappa shape index (κ1) is 19.0. The van der Waals surface area contributed by atoms with E-state index in [0.717, 1.165) is 22.0 Å². The van der Waals surface area contributed by atoms with E-state index < -0.39 is 0 Å². The Balaban J connectivity index is 1.98. The zero-order valence-corrected chi connectivity index (χ0v) is 17.4. The van der Waals surface area contributed by atoms with Gasteiger partial charge in [0, 0.05) is 10.8 Å². The molecule has 0 saturated carbocycles. The van der Waals surface area contributed by atoms with Crippen molar-refractivity contribution in [2.75, 3.05) is 14.2 Å². The van der Waals surface area contributed by atoms with Gasteiger partial charge in [-0.05, 0) is 17.7 Å². The molecule has 0 spiro atoms. The van der Waals surface area contributed by atoms with Crippen molar-refractivity contribution in [3.05, 3.63) is 101 Å². The van der Waals surface area contributed by atoms with Gasteiger partial charge >= 0.3 is 0 Å². The minimum absolute atomic E-state index is 0.122. The average molecular weight is 410 g/mol.